The summed E-state index contributed by atoms with van der Waals surface area (Å²) in [4.78, 5) is 0.182. The summed E-state index contributed by atoms with van der Waals surface area (Å²) in [6.45, 7) is 4.14. The third kappa shape index (κ3) is 3.38. The van der Waals surface area contributed by atoms with Crippen LogP contribution in [0.4, 0.5) is 0 Å². The van der Waals surface area contributed by atoms with Crippen molar-refractivity contribution in [2.45, 2.75) is 29.4 Å². The lowest BCUT2D eigenvalue weighted by molar-refractivity contribution is 0.405. The molecule has 0 bridgehead atoms. The van der Waals surface area contributed by atoms with Gasteiger partial charge in [-0.3, -0.25) is 5.10 Å². The Hall–Kier alpha value is -1.27. The van der Waals surface area contributed by atoms with Gasteiger partial charge in [0.1, 0.15) is 9.10 Å². The minimum atomic E-state index is -3.71. The number of aromatic nitrogens is 2. The Bertz CT molecular complexity index is 929. The van der Waals surface area contributed by atoms with Crippen LogP contribution in [-0.2, 0) is 20.0 Å². The van der Waals surface area contributed by atoms with Crippen LogP contribution in [-0.4, -0.2) is 61.8 Å². The lowest BCUT2D eigenvalue weighted by Gasteiger charge is -2.21. The van der Waals surface area contributed by atoms with Gasteiger partial charge >= 0.3 is 0 Å². The molecule has 1 N–H and O–H groups in total. The molecule has 0 atom stereocenters. The van der Waals surface area contributed by atoms with E-state index in [1.807, 2.05) is 0 Å². The number of H-pyrrole nitrogens is 1. The van der Waals surface area contributed by atoms with E-state index in [1.165, 1.54) is 8.61 Å². The van der Waals surface area contributed by atoms with Crippen LogP contribution in [0.15, 0.2) is 26.6 Å². The number of thiophene rings is 1. The molecule has 0 radical (unpaired) electrons. The molecule has 8 nitrogen and oxygen atoms in total. The number of aryl methyl sites for hydroxylation is 2. The first-order valence-corrected chi connectivity index (χ1v) is 11.6. The van der Waals surface area contributed by atoms with E-state index in [2.05, 4.69) is 10.2 Å². The molecule has 1 aliphatic rings. The first-order chi connectivity index (χ1) is 11.7. The molecule has 0 aromatic carbocycles. The highest BCUT2D eigenvalue weighted by Crippen LogP contribution is 2.25. The summed E-state index contributed by atoms with van der Waals surface area (Å²) in [5.41, 5.74) is 0.912. The molecule has 0 aliphatic carbocycles. The molecule has 1 aliphatic heterocycles. The number of aromatic amines is 1. The Morgan fingerprint density at radius 3 is 2.20 bits per heavy atom. The van der Waals surface area contributed by atoms with Crippen LogP contribution >= 0.6 is 11.3 Å². The maximum atomic E-state index is 12.9. The van der Waals surface area contributed by atoms with E-state index in [1.54, 1.807) is 31.4 Å². The van der Waals surface area contributed by atoms with Crippen molar-refractivity contribution in [1.29, 1.82) is 0 Å². The number of hydrogen-bond donors (Lipinski definition) is 1. The van der Waals surface area contributed by atoms with Crippen LogP contribution in [0, 0.1) is 13.8 Å². The van der Waals surface area contributed by atoms with Gasteiger partial charge in [0, 0.05) is 26.2 Å². The third-order valence-corrected chi connectivity index (χ3v) is 9.60. The molecular formula is C14H20N4O4S3. The molecule has 3 heterocycles. The summed E-state index contributed by atoms with van der Waals surface area (Å²) < 4.78 is 54.1. The number of hydrogen-bond acceptors (Lipinski definition) is 6. The fourth-order valence-electron chi connectivity index (χ4n) is 2.94. The highest BCUT2D eigenvalue weighted by atomic mass is 32.2. The number of sulfonamides is 2. The average molecular weight is 405 g/mol. The highest BCUT2D eigenvalue weighted by molar-refractivity contribution is 7.91. The Labute approximate surface area is 151 Å². The van der Waals surface area contributed by atoms with Crippen molar-refractivity contribution in [2.75, 3.05) is 26.2 Å². The summed E-state index contributed by atoms with van der Waals surface area (Å²) in [6.07, 6.45) is 0.444. The quantitative estimate of drug-likeness (QED) is 0.824. The molecular weight excluding hydrogens is 384 g/mol. The van der Waals surface area contributed by atoms with E-state index in [9.17, 15) is 16.8 Å². The van der Waals surface area contributed by atoms with E-state index >= 15 is 0 Å². The topological polar surface area (TPSA) is 103 Å². The van der Waals surface area contributed by atoms with Crippen molar-refractivity contribution in [3.8, 4) is 0 Å². The van der Waals surface area contributed by atoms with Crippen molar-refractivity contribution in [3.63, 3.8) is 0 Å². The number of nitrogens with zero attached hydrogens (tertiary/aromatic N) is 3. The summed E-state index contributed by atoms with van der Waals surface area (Å²) >= 11 is 1.16. The highest BCUT2D eigenvalue weighted by Gasteiger charge is 2.34. The van der Waals surface area contributed by atoms with E-state index in [-0.39, 0.29) is 28.7 Å². The van der Waals surface area contributed by atoms with Crippen LogP contribution in [0.3, 0.4) is 0 Å². The fourth-order valence-corrected chi connectivity index (χ4v) is 7.35. The third-order valence-electron chi connectivity index (χ3n) is 4.16. The van der Waals surface area contributed by atoms with Crippen LogP contribution in [0.5, 0.6) is 0 Å². The minimum absolute atomic E-state index is 0.122. The Balaban J connectivity index is 1.83. The van der Waals surface area contributed by atoms with Gasteiger partial charge in [0.25, 0.3) is 10.0 Å². The first kappa shape index (κ1) is 18.5. The second-order valence-corrected chi connectivity index (χ2v) is 10.8. The van der Waals surface area contributed by atoms with Gasteiger partial charge in [-0.05, 0) is 31.7 Å². The Morgan fingerprint density at radius 1 is 1.04 bits per heavy atom. The van der Waals surface area contributed by atoms with Gasteiger partial charge in [0.05, 0.1) is 11.4 Å². The van der Waals surface area contributed by atoms with Gasteiger partial charge in [-0.25, -0.2) is 16.8 Å². The monoisotopic (exact) mass is 404 g/mol. The van der Waals surface area contributed by atoms with Crippen LogP contribution in [0.1, 0.15) is 17.8 Å². The molecule has 0 unspecified atom stereocenters. The van der Waals surface area contributed by atoms with Crippen LogP contribution < -0.4 is 0 Å². The maximum Gasteiger partial charge on any atom is 0.252 e. The van der Waals surface area contributed by atoms with Crippen molar-refractivity contribution < 1.29 is 16.8 Å². The molecule has 1 saturated heterocycles. The average Bonchev–Trinajstić information content (AvgIpc) is 3.11. The van der Waals surface area contributed by atoms with Crippen molar-refractivity contribution in [3.05, 3.63) is 28.9 Å². The molecule has 0 saturated carbocycles. The van der Waals surface area contributed by atoms with Crippen LogP contribution in [0.2, 0.25) is 0 Å². The lowest BCUT2D eigenvalue weighted by atomic mass is 10.4. The molecule has 11 heteroatoms. The molecule has 0 spiro atoms. The van der Waals surface area contributed by atoms with E-state index in [4.69, 9.17) is 0 Å². The zero-order chi connectivity index (χ0) is 18.2. The summed E-state index contributed by atoms with van der Waals surface area (Å²) in [5, 5.41) is 8.36. The normalized spacial score (nSPS) is 18.3. The zero-order valence-corrected chi connectivity index (χ0v) is 16.4. The van der Waals surface area contributed by atoms with Crippen LogP contribution in [0.25, 0.3) is 0 Å². The van der Waals surface area contributed by atoms with Crippen molar-refractivity contribution >= 4 is 31.4 Å². The van der Waals surface area contributed by atoms with Gasteiger partial charge in [0.15, 0.2) is 0 Å². The number of nitrogens with one attached hydrogen (secondary N) is 1. The predicted molar refractivity (Wildman–Crippen MR) is 94.5 cm³/mol. The van der Waals surface area contributed by atoms with E-state index in [0.717, 1.165) is 11.3 Å². The van der Waals surface area contributed by atoms with Crippen molar-refractivity contribution in [1.82, 2.24) is 18.8 Å². The minimum Gasteiger partial charge on any atom is -0.281 e. The Morgan fingerprint density at radius 2 is 1.68 bits per heavy atom. The summed E-state index contributed by atoms with van der Waals surface area (Å²) in [5.74, 6) is 0. The smallest absolute Gasteiger partial charge is 0.252 e. The van der Waals surface area contributed by atoms with Crippen molar-refractivity contribution in [2.24, 2.45) is 0 Å². The SMILES string of the molecule is Cc1n[nH]c(C)c1S(=O)(=O)N1CCCN(S(=O)(=O)c2cccs2)CC1. The summed E-state index contributed by atoms with van der Waals surface area (Å²) in [7, 11) is -7.27. The molecule has 1 fully saturated rings. The molecule has 3 rings (SSSR count). The zero-order valence-electron chi connectivity index (χ0n) is 14.0. The number of rotatable bonds is 4. The molecule has 2 aromatic rings. The predicted octanol–water partition coefficient (Wildman–Crippen LogP) is 1.17. The van der Waals surface area contributed by atoms with Gasteiger partial charge in [-0.1, -0.05) is 6.07 Å². The van der Waals surface area contributed by atoms with Gasteiger partial charge < -0.3 is 0 Å². The second-order valence-electron chi connectivity index (χ2n) is 5.86. The fraction of sp³-hybridized carbons (Fsp3) is 0.500. The van der Waals surface area contributed by atoms with E-state index < -0.39 is 20.0 Å². The standard InChI is InChI=1S/C14H20N4O4S3/c1-11-14(12(2)16-15-11)25(21,22)18-7-4-6-17(8-9-18)24(19,20)13-5-3-10-23-13/h3,5,10H,4,6-9H2,1-2H3,(H,15,16). The maximum absolute atomic E-state index is 12.9. The molecule has 0 amide bonds. The van der Waals surface area contributed by atoms with Gasteiger partial charge in [0.2, 0.25) is 10.0 Å². The largest absolute Gasteiger partial charge is 0.281 e. The summed E-state index contributed by atoms with van der Waals surface area (Å²) in [6, 6.07) is 3.26. The molecule has 138 valence electrons. The second kappa shape index (κ2) is 6.80. The lowest BCUT2D eigenvalue weighted by Crippen LogP contribution is -2.37. The van der Waals surface area contributed by atoms with Gasteiger partial charge in [-0.15, -0.1) is 11.3 Å². The molecule has 25 heavy (non-hydrogen) atoms. The van der Waals surface area contributed by atoms with Gasteiger partial charge in [-0.2, -0.15) is 13.7 Å². The first-order valence-electron chi connectivity index (χ1n) is 7.80. The van der Waals surface area contributed by atoms with E-state index in [0.29, 0.717) is 24.4 Å². The molecule has 2 aromatic heterocycles. The Kier molecular flexibility index (Phi) is 5.04.